The third-order valence-corrected chi connectivity index (χ3v) is 6.11. The van der Waals surface area contributed by atoms with Crippen LogP contribution in [0.2, 0.25) is 0 Å². The smallest absolute Gasteiger partial charge is 0.336 e. The highest BCUT2D eigenvalue weighted by Crippen LogP contribution is 2.24. The van der Waals surface area contributed by atoms with E-state index < -0.39 is 16.0 Å². The lowest BCUT2D eigenvalue weighted by molar-refractivity contribution is -0.128. The highest BCUT2D eigenvalue weighted by Gasteiger charge is 2.21. The maximum Gasteiger partial charge on any atom is 0.336 e. The summed E-state index contributed by atoms with van der Waals surface area (Å²) in [5, 5.41) is 0. The fourth-order valence-electron chi connectivity index (χ4n) is 2.61. The highest BCUT2D eigenvalue weighted by molar-refractivity contribution is 7.92. The number of nitrogens with zero attached hydrogens (tertiary/aromatic N) is 1. The van der Waals surface area contributed by atoms with Crippen molar-refractivity contribution in [1.29, 1.82) is 0 Å². The second kappa shape index (κ2) is 8.75. The molecule has 0 aromatic heterocycles. The molecule has 0 saturated carbocycles. The quantitative estimate of drug-likeness (QED) is 0.344. The van der Waals surface area contributed by atoms with Gasteiger partial charge in [-0.1, -0.05) is 48.0 Å². The average Bonchev–Trinajstić information content (AvgIpc) is 2.73. The van der Waals surface area contributed by atoms with Crippen LogP contribution in [0.15, 0.2) is 89.8 Å². The van der Waals surface area contributed by atoms with Gasteiger partial charge in [-0.05, 0) is 55.0 Å². The fourth-order valence-corrected chi connectivity index (χ4v) is 3.81. The molecule has 0 fully saturated rings. The molecule has 3 aromatic carbocycles. The summed E-state index contributed by atoms with van der Waals surface area (Å²) in [4.78, 5) is 12.2. The lowest BCUT2D eigenvalue weighted by atomic mass is 10.2. The van der Waals surface area contributed by atoms with Gasteiger partial charge in [-0.3, -0.25) is 4.31 Å². The summed E-state index contributed by atoms with van der Waals surface area (Å²) < 4.78 is 32.0. The topological polar surface area (TPSA) is 63.7 Å². The second-order valence-corrected chi connectivity index (χ2v) is 8.41. The van der Waals surface area contributed by atoms with Crippen molar-refractivity contribution in [2.75, 3.05) is 11.4 Å². The molecule has 0 N–H and O–H groups in total. The van der Waals surface area contributed by atoms with Crippen LogP contribution >= 0.6 is 0 Å². The van der Waals surface area contributed by atoms with Crippen LogP contribution in [0.5, 0.6) is 5.75 Å². The SMILES string of the molecule is Cc1ccc(S(=O)(=O)N(C)c2ccc(OC(=O)C=Cc3ccccc3)cc2)cc1. The Balaban J connectivity index is 1.68. The van der Waals surface area contributed by atoms with Crippen molar-refractivity contribution in [2.45, 2.75) is 11.8 Å². The van der Waals surface area contributed by atoms with Gasteiger partial charge in [0.25, 0.3) is 10.0 Å². The number of ether oxygens (including phenoxy) is 1. The predicted octanol–water partition coefficient (Wildman–Crippen LogP) is 4.44. The van der Waals surface area contributed by atoms with E-state index in [1.807, 2.05) is 37.3 Å². The Kier molecular flexibility index (Phi) is 6.14. The number of anilines is 1. The molecule has 0 aliphatic heterocycles. The summed E-state index contributed by atoms with van der Waals surface area (Å²) in [7, 11) is -2.18. The molecule has 0 heterocycles. The molecule has 5 nitrogen and oxygen atoms in total. The van der Waals surface area contributed by atoms with Gasteiger partial charge in [0.1, 0.15) is 5.75 Å². The van der Waals surface area contributed by atoms with E-state index in [1.165, 1.54) is 17.4 Å². The third kappa shape index (κ3) is 5.12. The molecule has 0 spiro atoms. The minimum Gasteiger partial charge on any atom is -0.423 e. The molecule has 3 aromatic rings. The summed E-state index contributed by atoms with van der Waals surface area (Å²) in [6, 6.07) is 22.4. The number of hydrogen-bond donors (Lipinski definition) is 0. The molecule has 0 atom stereocenters. The van der Waals surface area contributed by atoms with Crippen LogP contribution in [0.25, 0.3) is 6.08 Å². The van der Waals surface area contributed by atoms with Crippen LogP contribution in [0, 0.1) is 6.92 Å². The maximum atomic E-state index is 12.8. The molecular formula is C23H21NO4S. The zero-order valence-corrected chi connectivity index (χ0v) is 17.0. The summed E-state index contributed by atoms with van der Waals surface area (Å²) in [6.45, 7) is 1.90. The van der Waals surface area contributed by atoms with Crippen LogP contribution in [0.1, 0.15) is 11.1 Å². The molecule has 0 radical (unpaired) electrons. The van der Waals surface area contributed by atoms with E-state index >= 15 is 0 Å². The standard InChI is InChI=1S/C23H21NO4S/c1-18-8-15-22(16-9-18)29(26,27)24(2)20-11-13-21(14-12-20)28-23(25)17-10-19-6-4-3-5-7-19/h3-17H,1-2H3. The number of benzene rings is 3. The Morgan fingerprint density at radius 3 is 2.14 bits per heavy atom. The van der Waals surface area contributed by atoms with Crippen LogP contribution < -0.4 is 9.04 Å². The first-order valence-corrected chi connectivity index (χ1v) is 10.4. The first-order valence-electron chi connectivity index (χ1n) is 8.97. The number of hydrogen-bond acceptors (Lipinski definition) is 4. The molecule has 0 aliphatic carbocycles. The van der Waals surface area contributed by atoms with Gasteiger partial charge in [0.2, 0.25) is 0 Å². The van der Waals surface area contributed by atoms with Crippen molar-refractivity contribution in [3.05, 3.63) is 96.1 Å². The lowest BCUT2D eigenvalue weighted by Gasteiger charge is -2.19. The minimum atomic E-state index is -3.67. The van der Waals surface area contributed by atoms with E-state index in [1.54, 1.807) is 54.6 Å². The van der Waals surface area contributed by atoms with Crippen LogP contribution in [-0.4, -0.2) is 21.4 Å². The van der Waals surface area contributed by atoms with Crippen molar-refractivity contribution in [3.63, 3.8) is 0 Å². The van der Waals surface area contributed by atoms with E-state index in [-0.39, 0.29) is 4.90 Å². The lowest BCUT2D eigenvalue weighted by Crippen LogP contribution is -2.26. The van der Waals surface area contributed by atoms with E-state index in [9.17, 15) is 13.2 Å². The van der Waals surface area contributed by atoms with Gasteiger partial charge >= 0.3 is 5.97 Å². The molecule has 3 rings (SSSR count). The third-order valence-electron chi connectivity index (χ3n) is 4.31. The minimum absolute atomic E-state index is 0.215. The van der Waals surface area contributed by atoms with Crippen LogP contribution in [0.3, 0.4) is 0 Å². The van der Waals surface area contributed by atoms with E-state index in [0.29, 0.717) is 11.4 Å². The zero-order valence-electron chi connectivity index (χ0n) is 16.1. The Hall–Kier alpha value is -3.38. The molecule has 0 bridgehead atoms. The van der Waals surface area contributed by atoms with Crippen molar-refractivity contribution in [3.8, 4) is 5.75 Å². The molecule has 29 heavy (non-hydrogen) atoms. The van der Waals surface area contributed by atoms with Gasteiger partial charge in [-0.25, -0.2) is 13.2 Å². The van der Waals surface area contributed by atoms with Gasteiger partial charge in [0.15, 0.2) is 0 Å². The first-order chi connectivity index (χ1) is 13.9. The maximum absolute atomic E-state index is 12.8. The van der Waals surface area contributed by atoms with Gasteiger partial charge < -0.3 is 4.74 Å². The molecule has 0 aliphatic rings. The Bertz CT molecular complexity index is 1100. The van der Waals surface area contributed by atoms with Crippen molar-refractivity contribution in [2.24, 2.45) is 0 Å². The predicted molar refractivity (Wildman–Crippen MR) is 114 cm³/mol. The highest BCUT2D eigenvalue weighted by atomic mass is 32.2. The van der Waals surface area contributed by atoms with Gasteiger partial charge in [0.05, 0.1) is 10.6 Å². The second-order valence-electron chi connectivity index (χ2n) is 6.44. The van der Waals surface area contributed by atoms with E-state index in [2.05, 4.69) is 0 Å². The number of sulfonamides is 1. The Morgan fingerprint density at radius 1 is 0.897 bits per heavy atom. The normalized spacial score (nSPS) is 11.4. The van der Waals surface area contributed by atoms with Gasteiger partial charge in [-0.2, -0.15) is 0 Å². The molecular weight excluding hydrogens is 386 g/mol. The number of rotatable bonds is 6. The summed E-state index contributed by atoms with van der Waals surface area (Å²) in [6.07, 6.45) is 3.01. The molecule has 0 saturated heterocycles. The average molecular weight is 407 g/mol. The molecule has 0 amide bonds. The first kappa shape index (κ1) is 20.4. The van der Waals surface area contributed by atoms with Gasteiger partial charge in [0, 0.05) is 13.1 Å². The summed E-state index contributed by atoms with van der Waals surface area (Å²) in [5.41, 5.74) is 2.34. The van der Waals surface area contributed by atoms with Crippen molar-refractivity contribution < 1.29 is 17.9 Å². The van der Waals surface area contributed by atoms with E-state index in [0.717, 1.165) is 11.1 Å². The van der Waals surface area contributed by atoms with Crippen LogP contribution in [0.4, 0.5) is 5.69 Å². The number of carbonyl (C=O) groups excluding carboxylic acids is 1. The number of esters is 1. The largest absolute Gasteiger partial charge is 0.423 e. The monoisotopic (exact) mass is 407 g/mol. The Morgan fingerprint density at radius 2 is 1.52 bits per heavy atom. The number of aryl methyl sites for hydroxylation is 1. The fraction of sp³-hybridized carbons (Fsp3) is 0.0870. The Labute approximate surface area is 170 Å². The molecule has 6 heteroatoms. The van der Waals surface area contributed by atoms with E-state index in [4.69, 9.17) is 4.74 Å². The van der Waals surface area contributed by atoms with Crippen molar-refractivity contribution >= 4 is 27.8 Å². The van der Waals surface area contributed by atoms with Gasteiger partial charge in [-0.15, -0.1) is 0 Å². The molecule has 0 unspecified atom stereocenters. The van der Waals surface area contributed by atoms with Crippen molar-refractivity contribution in [1.82, 2.24) is 0 Å². The zero-order chi connectivity index (χ0) is 20.9. The van der Waals surface area contributed by atoms with Crippen LogP contribution in [-0.2, 0) is 14.8 Å². The summed E-state index contributed by atoms with van der Waals surface area (Å²) >= 11 is 0. The molecule has 148 valence electrons. The summed E-state index contributed by atoms with van der Waals surface area (Å²) in [5.74, 6) is -0.181. The number of carbonyl (C=O) groups is 1.